The topological polar surface area (TPSA) is 147 Å². The molecule has 0 rings (SSSR count). The van der Waals surface area contributed by atoms with Crippen molar-refractivity contribution in [3.05, 3.63) is 0 Å². The van der Waals surface area contributed by atoms with E-state index in [0.717, 1.165) is 0 Å². The van der Waals surface area contributed by atoms with Crippen LogP contribution in [0.25, 0.3) is 0 Å². The van der Waals surface area contributed by atoms with Crippen LogP contribution in [-0.2, 0) is 19.1 Å². The van der Waals surface area contributed by atoms with E-state index < -0.39 is 0 Å². The van der Waals surface area contributed by atoms with Crippen molar-refractivity contribution in [1.29, 1.82) is 0 Å². The van der Waals surface area contributed by atoms with Crippen molar-refractivity contribution in [2.45, 2.75) is 27.7 Å². The zero-order valence-corrected chi connectivity index (χ0v) is 9.55. The van der Waals surface area contributed by atoms with Gasteiger partial charge in [-0.1, -0.05) is 0 Å². The Labute approximate surface area is 89.3 Å². The molecule has 0 bridgehead atoms. The van der Waals surface area contributed by atoms with E-state index in [1.165, 1.54) is 13.8 Å². The second kappa shape index (κ2) is 23.0. The van der Waals surface area contributed by atoms with E-state index in [1.54, 1.807) is 13.8 Å². The van der Waals surface area contributed by atoms with Crippen LogP contribution in [0.15, 0.2) is 0 Å². The summed E-state index contributed by atoms with van der Waals surface area (Å²) in [6.07, 6.45) is 0. The molecule has 0 aromatic carbocycles. The quantitative estimate of drug-likeness (QED) is 0.540. The molecule has 0 spiro atoms. The summed E-state index contributed by atoms with van der Waals surface area (Å²) in [5, 5.41) is 0. The number of esters is 2. The minimum Gasteiger partial charge on any atom is -0.466 e. The van der Waals surface area contributed by atoms with Crippen molar-refractivity contribution >= 4 is 11.9 Å². The Morgan fingerprint density at radius 2 is 1.00 bits per heavy atom. The predicted molar refractivity (Wildman–Crippen MR) is 55.5 cm³/mol. The minimum atomic E-state index is -0.211. The van der Waals surface area contributed by atoms with E-state index in [4.69, 9.17) is 0 Å². The van der Waals surface area contributed by atoms with Gasteiger partial charge >= 0.3 is 11.9 Å². The van der Waals surface area contributed by atoms with Crippen LogP contribution in [0.4, 0.5) is 0 Å². The first kappa shape index (κ1) is 29.2. The Morgan fingerprint density at radius 1 is 0.800 bits per heavy atom. The molecular weight excluding hydrogens is 208 g/mol. The highest BCUT2D eigenvalue weighted by Gasteiger charge is 1.82. The Morgan fingerprint density at radius 3 is 1.00 bits per heavy atom. The lowest BCUT2D eigenvalue weighted by Crippen LogP contribution is -1.95. The summed E-state index contributed by atoms with van der Waals surface area (Å²) in [4.78, 5) is 19.6. The molecule has 0 aromatic rings. The van der Waals surface area contributed by atoms with Crippen molar-refractivity contribution in [3.63, 3.8) is 0 Å². The van der Waals surface area contributed by atoms with Crippen LogP contribution in [0.2, 0.25) is 0 Å². The fourth-order valence-electron chi connectivity index (χ4n) is 0.407. The second-order valence-electron chi connectivity index (χ2n) is 1.85. The SMILES string of the molecule is CCOC(C)=O.CCOC(C)=O.O.O.O. The molecule has 0 aliphatic rings. The van der Waals surface area contributed by atoms with E-state index in [0.29, 0.717) is 13.2 Å². The van der Waals surface area contributed by atoms with Crippen LogP contribution >= 0.6 is 0 Å². The first-order valence-corrected chi connectivity index (χ1v) is 3.81. The van der Waals surface area contributed by atoms with Gasteiger partial charge in [0.25, 0.3) is 0 Å². The highest BCUT2D eigenvalue weighted by molar-refractivity contribution is 5.66. The number of rotatable bonds is 2. The molecule has 0 saturated heterocycles. The van der Waals surface area contributed by atoms with Gasteiger partial charge < -0.3 is 25.9 Å². The van der Waals surface area contributed by atoms with E-state index in [-0.39, 0.29) is 28.4 Å². The zero-order valence-electron chi connectivity index (χ0n) is 9.55. The minimum absolute atomic E-state index is 0. The fraction of sp³-hybridized carbons (Fsp3) is 0.750. The van der Waals surface area contributed by atoms with Crippen LogP contribution in [-0.4, -0.2) is 41.6 Å². The van der Waals surface area contributed by atoms with Gasteiger partial charge in [-0.05, 0) is 13.8 Å². The van der Waals surface area contributed by atoms with Crippen LogP contribution in [0.1, 0.15) is 27.7 Å². The van der Waals surface area contributed by atoms with E-state index in [9.17, 15) is 9.59 Å². The van der Waals surface area contributed by atoms with Crippen molar-refractivity contribution in [1.82, 2.24) is 0 Å². The maximum absolute atomic E-state index is 9.82. The lowest BCUT2D eigenvalue weighted by Gasteiger charge is -1.89. The Hall–Kier alpha value is -1.18. The molecule has 0 aliphatic heterocycles. The van der Waals surface area contributed by atoms with Crippen LogP contribution in [0.5, 0.6) is 0 Å². The number of hydrogen-bond acceptors (Lipinski definition) is 4. The Bertz CT molecular complexity index is 119. The molecule has 96 valence electrons. The van der Waals surface area contributed by atoms with Gasteiger partial charge in [-0.3, -0.25) is 9.59 Å². The molecule has 0 saturated carbocycles. The van der Waals surface area contributed by atoms with Gasteiger partial charge in [0.15, 0.2) is 0 Å². The average Bonchev–Trinajstić information content (AvgIpc) is 1.87. The molecule has 0 radical (unpaired) electrons. The highest BCUT2D eigenvalue weighted by Crippen LogP contribution is 1.70. The van der Waals surface area contributed by atoms with E-state index in [1.807, 2.05) is 0 Å². The molecule has 0 fully saturated rings. The summed E-state index contributed by atoms with van der Waals surface area (Å²) in [7, 11) is 0. The van der Waals surface area contributed by atoms with E-state index >= 15 is 0 Å². The molecule has 0 amide bonds. The first-order valence-electron chi connectivity index (χ1n) is 3.81. The van der Waals surface area contributed by atoms with Crippen LogP contribution < -0.4 is 0 Å². The number of hydrogen-bond donors (Lipinski definition) is 0. The number of carbonyl (C=O) groups excluding carboxylic acids is 2. The second-order valence-corrected chi connectivity index (χ2v) is 1.85. The molecular formula is C8H22O7. The molecule has 0 atom stereocenters. The zero-order chi connectivity index (χ0) is 9.98. The van der Waals surface area contributed by atoms with Gasteiger partial charge in [-0.2, -0.15) is 0 Å². The molecule has 15 heavy (non-hydrogen) atoms. The fourth-order valence-corrected chi connectivity index (χ4v) is 0.407. The third kappa shape index (κ3) is 64.6. The van der Waals surface area contributed by atoms with Gasteiger partial charge in [-0.25, -0.2) is 0 Å². The van der Waals surface area contributed by atoms with Gasteiger partial charge in [0.2, 0.25) is 0 Å². The predicted octanol–water partition coefficient (Wildman–Crippen LogP) is -1.34. The molecule has 0 unspecified atom stereocenters. The standard InChI is InChI=1S/2C4H8O2.3H2O/c2*1-3-6-4(2)5;;;/h2*3H2,1-2H3;3*1H2. The molecule has 0 heterocycles. The Kier molecular flexibility index (Phi) is 44.8. The molecule has 6 N–H and O–H groups in total. The molecule has 0 aliphatic carbocycles. The van der Waals surface area contributed by atoms with E-state index in [2.05, 4.69) is 9.47 Å². The molecule has 7 heteroatoms. The lowest BCUT2D eigenvalue weighted by molar-refractivity contribution is -0.141. The monoisotopic (exact) mass is 230 g/mol. The summed E-state index contributed by atoms with van der Waals surface area (Å²) >= 11 is 0. The third-order valence-electron chi connectivity index (χ3n) is 0.695. The van der Waals surface area contributed by atoms with Gasteiger partial charge in [0.1, 0.15) is 0 Å². The number of ether oxygens (including phenoxy) is 2. The lowest BCUT2D eigenvalue weighted by atomic mass is 10.8. The van der Waals surface area contributed by atoms with Crippen molar-refractivity contribution < 1.29 is 35.5 Å². The van der Waals surface area contributed by atoms with Crippen LogP contribution in [0.3, 0.4) is 0 Å². The van der Waals surface area contributed by atoms with Crippen molar-refractivity contribution in [2.75, 3.05) is 13.2 Å². The van der Waals surface area contributed by atoms with Crippen LogP contribution in [0, 0.1) is 0 Å². The molecule has 0 aromatic heterocycles. The summed E-state index contributed by atoms with van der Waals surface area (Å²) < 4.78 is 8.81. The summed E-state index contributed by atoms with van der Waals surface area (Å²) in [6.45, 7) is 7.31. The summed E-state index contributed by atoms with van der Waals surface area (Å²) in [6, 6.07) is 0. The maximum atomic E-state index is 9.82. The average molecular weight is 230 g/mol. The van der Waals surface area contributed by atoms with Gasteiger partial charge in [-0.15, -0.1) is 0 Å². The number of carbonyl (C=O) groups is 2. The summed E-state index contributed by atoms with van der Waals surface area (Å²) in [5.74, 6) is -0.421. The first-order chi connectivity index (χ1) is 5.54. The normalized spacial score (nSPS) is 6.13. The smallest absolute Gasteiger partial charge is 0.302 e. The van der Waals surface area contributed by atoms with Gasteiger partial charge in [0, 0.05) is 13.8 Å². The largest absolute Gasteiger partial charge is 0.466 e. The third-order valence-corrected chi connectivity index (χ3v) is 0.695. The van der Waals surface area contributed by atoms with Crippen molar-refractivity contribution in [3.8, 4) is 0 Å². The Balaban J connectivity index is -0.0000000370. The summed E-state index contributed by atoms with van der Waals surface area (Å²) in [5.41, 5.74) is 0. The van der Waals surface area contributed by atoms with Gasteiger partial charge in [0.05, 0.1) is 13.2 Å². The highest BCUT2D eigenvalue weighted by atomic mass is 16.5. The van der Waals surface area contributed by atoms with Crippen molar-refractivity contribution in [2.24, 2.45) is 0 Å². The molecule has 7 nitrogen and oxygen atoms in total. The maximum Gasteiger partial charge on any atom is 0.302 e.